The van der Waals surface area contributed by atoms with Crippen LogP contribution in [0.5, 0.6) is 0 Å². The molecule has 2 nitrogen and oxygen atoms in total. The molecule has 1 aliphatic heterocycles. The largest absolute Gasteiger partial charge is 0.481 e. The Hall–Kier alpha value is -0.530. The Morgan fingerprint density at radius 2 is 2.33 bits per heavy atom. The van der Waals surface area contributed by atoms with Gasteiger partial charge in [0.2, 0.25) is 0 Å². The first-order valence-corrected chi connectivity index (χ1v) is 3.40. The van der Waals surface area contributed by atoms with Gasteiger partial charge in [0.05, 0.1) is 12.3 Å². The summed E-state index contributed by atoms with van der Waals surface area (Å²) >= 11 is 0. The van der Waals surface area contributed by atoms with E-state index in [9.17, 15) is 0 Å². The highest BCUT2D eigenvalue weighted by Gasteiger charge is 2.51. The average Bonchev–Trinajstić information content (AvgIpc) is 2.60. The molecule has 0 N–H and O–H groups in total. The molecule has 1 spiro atoms. The van der Waals surface area contributed by atoms with Gasteiger partial charge in [-0.1, -0.05) is 0 Å². The predicted molar refractivity (Wildman–Crippen MR) is 33.2 cm³/mol. The molecule has 0 saturated heterocycles. The lowest BCUT2D eigenvalue weighted by Gasteiger charge is -2.08. The smallest absolute Gasteiger partial charge is 0.321 e. The third kappa shape index (κ3) is 0.824. The minimum atomic E-state index is 0.444. The van der Waals surface area contributed by atoms with Gasteiger partial charge in [0, 0.05) is 0 Å². The Balaban J connectivity index is 2.07. The Kier molecular flexibility index (Phi) is 0.875. The lowest BCUT2D eigenvalue weighted by Crippen LogP contribution is -2.25. The summed E-state index contributed by atoms with van der Waals surface area (Å²) in [6.07, 6.45) is 2.58. The summed E-state index contributed by atoms with van der Waals surface area (Å²) in [5, 5.41) is 0. The highest BCUT2D eigenvalue weighted by Crippen LogP contribution is 2.46. The lowest BCUT2D eigenvalue weighted by molar-refractivity contribution is -0.492. The van der Waals surface area contributed by atoms with E-state index in [2.05, 4.69) is 0 Å². The van der Waals surface area contributed by atoms with Crippen LogP contribution in [0.2, 0.25) is 0 Å². The van der Waals surface area contributed by atoms with Crippen molar-refractivity contribution in [2.24, 2.45) is 5.41 Å². The van der Waals surface area contributed by atoms with Crippen LogP contribution in [-0.2, 0) is 9.16 Å². The number of hydrogen-bond donors (Lipinski definition) is 0. The third-order valence-corrected chi connectivity index (χ3v) is 2.12. The maximum atomic E-state index is 5.25. The molecule has 0 unspecified atom stereocenters. The Morgan fingerprint density at radius 1 is 1.56 bits per heavy atom. The van der Waals surface area contributed by atoms with E-state index in [-0.39, 0.29) is 0 Å². The summed E-state index contributed by atoms with van der Waals surface area (Å²) in [4.78, 5) is 0. The molecule has 0 aromatic carbocycles. The van der Waals surface area contributed by atoms with Crippen LogP contribution in [0, 0.1) is 5.41 Å². The standard InChI is InChI=1S/C7H11O2/c1-6-8-4-7(2-3-7)5-9-6/h2-5H2,1H3/q+1. The fraction of sp³-hybridized carbons (Fsp3) is 0.857. The van der Waals surface area contributed by atoms with Gasteiger partial charge >= 0.3 is 5.97 Å². The summed E-state index contributed by atoms with van der Waals surface area (Å²) in [5.74, 6) is 0.743. The zero-order valence-corrected chi connectivity index (χ0v) is 5.64. The van der Waals surface area contributed by atoms with Gasteiger partial charge in [-0.3, -0.25) is 0 Å². The molecule has 2 aliphatic rings. The van der Waals surface area contributed by atoms with Gasteiger partial charge in [0.25, 0.3) is 0 Å². The fourth-order valence-electron chi connectivity index (χ4n) is 1.06. The summed E-state index contributed by atoms with van der Waals surface area (Å²) < 4.78 is 10.5. The van der Waals surface area contributed by atoms with E-state index in [1.807, 2.05) is 6.92 Å². The molecular formula is C7H11O2+. The van der Waals surface area contributed by atoms with Crippen LogP contribution in [-0.4, -0.2) is 19.2 Å². The van der Waals surface area contributed by atoms with E-state index in [1.165, 1.54) is 12.8 Å². The van der Waals surface area contributed by atoms with E-state index < -0.39 is 0 Å². The summed E-state index contributed by atoms with van der Waals surface area (Å²) in [6.45, 7) is 3.65. The van der Waals surface area contributed by atoms with Gasteiger partial charge in [-0.25, -0.2) is 0 Å². The zero-order chi connectivity index (χ0) is 6.32. The van der Waals surface area contributed by atoms with Crippen LogP contribution in [0.15, 0.2) is 0 Å². The van der Waals surface area contributed by atoms with E-state index in [0.29, 0.717) is 5.41 Å². The highest BCUT2D eigenvalue weighted by molar-refractivity contribution is 5.66. The Morgan fingerprint density at radius 3 is 2.78 bits per heavy atom. The minimum Gasteiger partial charge on any atom is -0.321 e. The molecular weight excluding hydrogens is 116 g/mol. The molecule has 0 bridgehead atoms. The Labute approximate surface area is 54.5 Å². The summed E-state index contributed by atoms with van der Waals surface area (Å²) in [6, 6.07) is 0. The number of ether oxygens (including phenoxy) is 1. The lowest BCUT2D eigenvalue weighted by atomic mass is 10.1. The van der Waals surface area contributed by atoms with Gasteiger partial charge in [0.15, 0.2) is 13.2 Å². The van der Waals surface area contributed by atoms with E-state index >= 15 is 0 Å². The molecule has 2 rings (SSSR count). The molecule has 1 heterocycles. The van der Waals surface area contributed by atoms with Crippen molar-refractivity contribution < 1.29 is 9.16 Å². The van der Waals surface area contributed by atoms with E-state index in [1.54, 1.807) is 0 Å². The minimum absolute atomic E-state index is 0.444. The summed E-state index contributed by atoms with van der Waals surface area (Å²) in [5.41, 5.74) is 0.444. The SMILES string of the molecule is CC1=[O+]CC2(CC2)CO1. The molecule has 0 atom stereocenters. The molecule has 9 heavy (non-hydrogen) atoms. The Bertz CT molecular complexity index is 156. The van der Waals surface area contributed by atoms with Gasteiger partial charge < -0.3 is 9.16 Å². The number of rotatable bonds is 0. The molecule has 2 heteroatoms. The van der Waals surface area contributed by atoms with Crippen molar-refractivity contribution in [1.29, 1.82) is 0 Å². The zero-order valence-electron chi connectivity index (χ0n) is 5.64. The number of hydrogen-bond acceptors (Lipinski definition) is 1. The van der Waals surface area contributed by atoms with Crippen molar-refractivity contribution in [3.05, 3.63) is 0 Å². The van der Waals surface area contributed by atoms with Gasteiger partial charge in [-0.05, 0) is 12.8 Å². The van der Waals surface area contributed by atoms with Crippen LogP contribution >= 0.6 is 0 Å². The van der Waals surface area contributed by atoms with Crippen LogP contribution < -0.4 is 0 Å². The van der Waals surface area contributed by atoms with E-state index in [0.717, 1.165) is 19.2 Å². The van der Waals surface area contributed by atoms with Crippen LogP contribution in [0.4, 0.5) is 0 Å². The highest BCUT2D eigenvalue weighted by atomic mass is 16.6. The molecule has 1 aliphatic carbocycles. The molecule has 50 valence electrons. The van der Waals surface area contributed by atoms with Crippen molar-refractivity contribution in [2.45, 2.75) is 19.8 Å². The average molecular weight is 127 g/mol. The third-order valence-electron chi connectivity index (χ3n) is 2.12. The van der Waals surface area contributed by atoms with E-state index in [4.69, 9.17) is 9.16 Å². The van der Waals surface area contributed by atoms with Gasteiger partial charge in [0.1, 0.15) is 0 Å². The number of carbonyl (C=O) groups excluding carboxylic acids is 1. The van der Waals surface area contributed by atoms with Gasteiger partial charge in [-0.15, -0.1) is 0 Å². The second-order valence-electron chi connectivity index (χ2n) is 3.07. The quantitative estimate of drug-likeness (QED) is 0.349. The normalized spacial score (nSPS) is 29.2. The maximum Gasteiger partial charge on any atom is 0.481 e. The molecule has 1 saturated carbocycles. The molecule has 0 aromatic heterocycles. The fourth-order valence-corrected chi connectivity index (χ4v) is 1.06. The van der Waals surface area contributed by atoms with Crippen molar-refractivity contribution in [2.75, 3.05) is 13.2 Å². The van der Waals surface area contributed by atoms with Crippen molar-refractivity contribution in [3.8, 4) is 0 Å². The van der Waals surface area contributed by atoms with Crippen molar-refractivity contribution in [1.82, 2.24) is 0 Å². The molecule has 0 aromatic rings. The first-order valence-electron chi connectivity index (χ1n) is 3.40. The summed E-state index contributed by atoms with van der Waals surface area (Å²) in [7, 11) is 0. The van der Waals surface area contributed by atoms with Crippen LogP contribution in [0.25, 0.3) is 0 Å². The van der Waals surface area contributed by atoms with Crippen LogP contribution in [0.3, 0.4) is 0 Å². The number of esters is 1. The van der Waals surface area contributed by atoms with Crippen molar-refractivity contribution >= 4 is 5.97 Å². The van der Waals surface area contributed by atoms with Crippen molar-refractivity contribution in [3.63, 3.8) is 0 Å². The predicted octanol–water partition coefficient (Wildman–Crippen LogP) is 0.879. The van der Waals surface area contributed by atoms with Gasteiger partial charge in [-0.2, -0.15) is 0 Å². The first-order chi connectivity index (χ1) is 4.31. The first kappa shape index (κ1) is 5.27. The molecule has 0 amide bonds. The number of cyclic esters (lactones) is 1. The molecule has 1 fully saturated rings. The second kappa shape index (κ2) is 1.49. The van der Waals surface area contributed by atoms with Crippen LogP contribution in [0.1, 0.15) is 19.8 Å². The monoisotopic (exact) mass is 127 g/mol. The maximum absolute atomic E-state index is 5.25. The topological polar surface area (TPSA) is 20.5 Å². The second-order valence-corrected chi connectivity index (χ2v) is 3.07. The molecule has 0 radical (unpaired) electrons.